The standard InChI is InChI=1S/C19H30N2O3S/c1-3-23-9-10-24-15(2)18(22)21(13-16-4-11-25-14-16)17-12-19(17)5-7-20-8-6-19/h4,11,14-15,17,20H,3,5-10,12-13H2,1-2H3. The van der Waals surface area contributed by atoms with Crippen molar-refractivity contribution in [2.75, 3.05) is 32.9 Å². The second-order valence-electron chi connectivity index (χ2n) is 7.14. The number of thiophene rings is 1. The van der Waals surface area contributed by atoms with Gasteiger partial charge in [-0.3, -0.25) is 4.79 Å². The third kappa shape index (κ3) is 4.61. The lowest BCUT2D eigenvalue weighted by molar-refractivity contribution is -0.145. The van der Waals surface area contributed by atoms with Gasteiger partial charge >= 0.3 is 0 Å². The van der Waals surface area contributed by atoms with Gasteiger partial charge in [0.25, 0.3) is 5.91 Å². The first kappa shape index (κ1) is 18.8. The van der Waals surface area contributed by atoms with Crippen molar-refractivity contribution in [1.82, 2.24) is 10.2 Å². The Morgan fingerprint density at radius 2 is 2.24 bits per heavy atom. The second kappa shape index (κ2) is 8.62. The summed E-state index contributed by atoms with van der Waals surface area (Å²) < 4.78 is 11.0. The van der Waals surface area contributed by atoms with Crippen LogP contribution in [0.4, 0.5) is 0 Å². The van der Waals surface area contributed by atoms with Crippen molar-refractivity contribution in [3.63, 3.8) is 0 Å². The van der Waals surface area contributed by atoms with Crippen LogP contribution in [0.25, 0.3) is 0 Å². The van der Waals surface area contributed by atoms with Crippen LogP contribution >= 0.6 is 11.3 Å². The van der Waals surface area contributed by atoms with E-state index < -0.39 is 6.10 Å². The van der Waals surface area contributed by atoms with Gasteiger partial charge in [0.15, 0.2) is 0 Å². The molecule has 0 aromatic carbocycles. The molecule has 140 valence electrons. The molecule has 1 aromatic heterocycles. The zero-order valence-corrected chi connectivity index (χ0v) is 16.1. The van der Waals surface area contributed by atoms with Gasteiger partial charge in [0, 0.05) is 19.2 Å². The van der Waals surface area contributed by atoms with Gasteiger partial charge in [-0.15, -0.1) is 0 Å². The molecule has 1 N–H and O–H groups in total. The van der Waals surface area contributed by atoms with Crippen LogP contribution in [0.1, 0.15) is 38.7 Å². The Kier molecular flexibility index (Phi) is 6.49. The molecular formula is C19H30N2O3S. The van der Waals surface area contributed by atoms with Gasteiger partial charge in [0.1, 0.15) is 6.10 Å². The smallest absolute Gasteiger partial charge is 0.251 e. The lowest BCUT2D eigenvalue weighted by Gasteiger charge is -2.31. The molecule has 2 heterocycles. The summed E-state index contributed by atoms with van der Waals surface area (Å²) in [5.41, 5.74) is 1.55. The van der Waals surface area contributed by atoms with E-state index in [9.17, 15) is 4.79 Å². The average molecular weight is 367 g/mol. The Morgan fingerprint density at radius 3 is 2.92 bits per heavy atom. The van der Waals surface area contributed by atoms with Crippen molar-refractivity contribution in [1.29, 1.82) is 0 Å². The fourth-order valence-electron chi connectivity index (χ4n) is 3.88. The zero-order valence-electron chi connectivity index (χ0n) is 15.3. The summed E-state index contributed by atoms with van der Waals surface area (Å²) in [7, 11) is 0. The fraction of sp³-hybridized carbons (Fsp3) is 0.737. The summed E-state index contributed by atoms with van der Waals surface area (Å²) in [6.07, 6.45) is 3.06. The molecule has 1 saturated carbocycles. The lowest BCUT2D eigenvalue weighted by Crippen LogP contribution is -2.43. The highest BCUT2D eigenvalue weighted by Crippen LogP contribution is 2.56. The monoisotopic (exact) mass is 366 g/mol. The van der Waals surface area contributed by atoms with Crippen molar-refractivity contribution < 1.29 is 14.3 Å². The van der Waals surface area contributed by atoms with Crippen molar-refractivity contribution in [2.45, 2.75) is 51.8 Å². The number of rotatable bonds is 9. The van der Waals surface area contributed by atoms with Crippen LogP contribution in [0.15, 0.2) is 16.8 Å². The fourth-order valence-corrected chi connectivity index (χ4v) is 4.54. The second-order valence-corrected chi connectivity index (χ2v) is 7.92. The van der Waals surface area contributed by atoms with Crippen molar-refractivity contribution >= 4 is 17.2 Å². The van der Waals surface area contributed by atoms with Crippen LogP contribution in [0.3, 0.4) is 0 Å². The molecule has 6 heteroatoms. The van der Waals surface area contributed by atoms with Crippen LogP contribution in [0.2, 0.25) is 0 Å². The van der Waals surface area contributed by atoms with Gasteiger partial charge in [0.05, 0.1) is 13.2 Å². The SMILES string of the molecule is CCOCCOC(C)C(=O)N(Cc1ccsc1)C1CC12CCNCC2. The Hall–Kier alpha value is -0.950. The molecule has 1 saturated heterocycles. The van der Waals surface area contributed by atoms with E-state index in [-0.39, 0.29) is 5.91 Å². The Balaban J connectivity index is 1.63. The van der Waals surface area contributed by atoms with Gasteiger partial charge in [-0.05, 0) is 74.0 Å². The molecule has 5 nitrogen and oxygen atoms in total. The van der Waals surface area contributed by atoms with Gasteiger partial charge in [-0.25, -0.2) is 0 Å². The molecule has 3 rings (SSSR count). The number of nitrogens with one attached hydrogen (secondary N) is 1. The maximum Gasteiger partial charge on any atom is 0.251 e. The van der Waals surface area contributed by atoms with Gasteiger partial charge in [0.2, 0.25) is 0 Å². The largest absolute Gasteiger partial charge is 0.379 e. The Labute approximate surface area is 154 Å². The van der Waals surface area contributed by atoms with Crippen LogP contribution in [-0.2, 0) is 20.8 Å². The van der Waals surface area contributed by atoms with Crippen molar-refractivity contribution in [3.8, 4) is 0 Å². The van der Waals surface area contributed by atoms with Crippen LogP contribution in [0.5, 0.6) is 0 Å². The van der Waals surface area contributed by atoms with E-state index in [0.29, 0.717) is 37.8 Å². The summed E-state index contributed by atoms with van der Waals surface area (Å²) in [5.74, 6) is 0.114. The minimum absolute atomic E-state index is 0.114. The molecule has 2 atom stereocenters. The molecule has 2 aliphatic rings. The van der Waals surface area contributed by atoms with Crippen LogP contribution in [-0.4, -0.2) is 55.9 Å². The number of amides is 1. The normalized spacial score (nSPS) is 22.7. The summed E-state index contributed by atoms with van der Waals surface area (Å²) in [4.78, 5) is 15.2. The topological polar surface area (TPSA) is 50.8 Å². The predicted octanol–water partition coefficient (Wildman–Crippen LogP) is 2.66. The third-order valence-electron chi connectivity index (χ3n) is 5.49. The Morgan fingerprint density at radius 1 is 1.44 bits per heavy atom. The molecule has 2 fully saturated rings. The summed E-state index contributed by atoms with van der Waals surface area (Å²) in [6.45, 7) is 8.34. The highest BCUT2D eigenvalue weighted by atomic mass is 32.1. The van der Waals surface area contributed by atoms with Gasteiger partial charge < -0.3 is 19.7 Å². The maximum atomic E-state index is 13.1. The molecule has 25 heavy (non-hydrogen) atoms. The number of hydrogen-bond donors (Lipinski definition) is 1. The van der Waals surface area contributed by atoms with Crippen LogP contribution < -0.4 is 5.32 Å². The molecule has 2 unspecified atom stereocenters. The molecule has 0 bridgehead atoms. The minimum atomic E-state index is -0.418. The minimum Gasteiger partial charge on any atom is -0.379 e. The first-order chi connectivity index (χ1) is 12.2. The van der Waals surface area contributed by atoms with E-state index in [0.717, 1.165) is 19.5 Å². The molecule has 1 spiro atoms. The van der Waals surface area contributed by atoms with E-state index in [1.165, 1.54) is 18.4 Å². The molecule has 1 amide bonds. The number of piperidine rings is 1. The molecule has 0 radical (unpaired) electrons. The highest BCUT2D eigenvalue weighted by Gasteiger charge is 2.58. The summed E-state index contributed by atoms with van der Waals surface area (Å²) in [6, 6.07) is 2.48. The highest BCUT2D eigenvalue weighted by molar-refractivity contribution is 7.07. The quantitative estimate of drug-likeness (QED) is 0.683. The van der Waals surface area contributed by atoms with Gasteiger partial charge in [-0.1, -0.05) is 0 Å². The van der Waals surface area contributed by atoms with Crippen molar-refractivity contribution in [3.05, 3.63) is 22.4 Å². The van der Waals surface area contributed by atoms with E-state index in [1.54, 1.807) is 11.3 Å². The summed E-state index contributed by atoms with van der Waals surface area (Å²) >= 11 is 1.68. The molecule has 1 aromatic rings. The van der Waals surface area contributed by atoms with E-state index in [1.807, 2.05) is 13.8 Å². The van der Waals surface area contributed by atoms with Crippen LogP contribution in [0, 0.1) is 5.41 Å². The van der Waals surface area contributed by atoms with Crippen molar-refractivity contribution in [2.24, 2.45) is 5.41 Å². The number of carbonyl (C=O) groups is 1. The summed E-state index contributed by atoms with van der Waals surface area (Å²) in [5, 5.41) is 7.65. The lowest BCUT2D eigenvalue weighted by atomic mass is 9.93. The van der Waals surface area contributed by atoms with E-state index >= 15 is 0 Å². The molecule has 1 aliphatic heterocycles. The molecule has 1 aliphatic carbocycles. The first-order valence-electron chi connectivity index (χ1n) is 9.38. The van der Waals surface area contributed by atoms with Gasteiger partial charge in [-0.2, -0.15) is 11.3 Å². The number of nitrogens with zero attached hydrogens (tertiary/aromatic N) is 1. The number of carbonyl (C=O) groups excluding carboxylic acids is 1. The predicted molar refractivity (Wildman–Crippen MR) is 99.7 cm³/mol. The van der Waals surface area contributed by atoms with E-state index in [4.69, 9.17) is 9.47 Å². The third-order valence-corrected chi connectivity index (χ3v) is 6.22. The first-order valence-corrected chi connectivity index (χ1v) is 10.3. The number of ether oxygens (including phenoxy) is 2. The average Bonchev–Trinajstić information content (AvgIpc) is 3.06. The number of hydrogen-bond acceptors (Lipinski definition) is 5. The molecular weight excluding hydrogens is 336 g/mol. The zero-order chi connectivity index (χ0) is 17.7. The Bertz CT molecular complexity index is 543. The maximum absolute atomic E-state index is 13.1. The van der Waals surface area contributed by atoms with E-state index in [2.05, 4.69) is 27.0 Å².